The molecule has 0 saturated carbocycles. The SMILES string of the molecule is CCC(C(=O)Oc1c(C(NC(=O)COc2ccccc2)c2ccccc2C(=O)Oc2c(C(NC(=O)COc3ccccc3)c3cccc(OC)c3)cc(Cl)c3cccnc23)cc(Cl)c2cccnc12)c1cccc(C(NC(=O)COc2ccccc2)c2cc(Cl)c3cccnc3c2O)c1. The lowest BCUT2D eigenvalue weighted by atomic mass is 9.90. The van der Waals surface area contributed by atoms with Crippen molar-refractivity contribution in [3.05, 3.63) is 297 Å². The Morgan fingerprint density at radius 1 is 0.424 bits per heavy atom. The van der Waals surface area contributed by atoms with Crippen LogP contribution in [0.5, 0.6) is 40.2 Å². The fourth-order valence-electron chi connectivity index (χ4n) is 11.6. The Morgan fingerprint density at radius 3 is 1.36 bits per heavy atom. The van der Waals surface area contributed by atoms with E-state index in [0.717, 1.165) is 0 Å². The zero-order valence-electron chi connectivity index (χ0n) is 53.1. The molecular formula is C78H61Cl3N6O12. The van der Waals surface area contributed by atoms with Gasteiger partial charge in [0.1, 0.15) is 45.3 Å². The Bertz CT molecular complexity index is 4980. The molecular weight excluding hydrogens is 1320 g/mol. The molecule has 0 bridgehead atoms. The summed E-state index contributed by atoms with van der Waals surface area (Å²) in [7, 11) is 1.51. The first-order valence-corrected chi connectivity index (χ1v) is 32.4. The number of pyridine rings is 3. The number of halogens is 3. The van der Waals surface area contributed by atoms with E-state index in [1.807, 2.05) is 12.1 Å². The van der Waals surface area contributed by atoms with Crippen LogP contribution >= 0.6 is 34.8 Å². The number of nitrogens with zero attached hydrogens (tertiary/aromatic N) is 3. The van der Waals surface area contributed by atoms with E-state index in [-0.39, 0.29) is 89.7 Å². The Kier molecular flexibility index (Phi) is 21.2. The first-order chi connectivity index (χ1) is 48.2. The van der Waals surface area contributed by atoms with Gasteiger partial charge in [-0.25, -0.2) is 4.79 Å². The van der Waals surface area contributed by atoms with Gasteiger partial charge >= 0.3 is 11.9 Å². The number of aromatic nitrogens is 3. The van der Waals surface area contributed by atoms with Gasteiger partial charge in [-0.05, 0) is 138 Å². The zero-order valence-corrected chi connectivity index (χ0v) is 55.3. The Labute approximate surface area is 583 Å². The summed E-state index contributed by atoms with van der Waals surface area (Å²) in [5, 5.41) is 23.0. The molecule has 21 heteroatoms. The monoisotopic (exact) mass is 1380 g/mol. The van der Waals surface area contributed by atoms with E-state index in [9.17, 15) is 19.5 Å². The molecule has 9 aromatic carbocycles. The summed E-state index contributed by atoms with van der Waals surface area (Å²) in [4.78, 5) is 87.8. The number of ether oxygens (including phenoxy) is 6. The van der Waals surface area contributed by atoms with Gasteiger partial charge in [0.05, 0.1) is 51.8 Å². The molecule has 0 aliphatic carbocycles. The van der Waals surface area contributed by atoms with Crippen molar-refractivity contribution in [1.82, 2.24) is 30.9 Å². The fraction of sp³-hybridized carbons (Fsp3) is 0.128. The molecule has 99 heavy (non-hydrogen) atoms. The van der Waals surface area contributed by atoms with E-state index in [1.54, 1.807) is 201 Å². The smallest absolute Gasteiger partial charge is 0.343 e. The summed E-state index contributed by atoms with van der Waals surface area (Å²) in [6.45, 7) is 0.500. The van der Waals surface area contributed by atoms with Crippen LogP contribution in [0.3, 0.4) is 0 Å². The second kappa shape index (κ2) is 31.1. The highest BCUT2D eigenvalue weighted by Gasteiger charge is 2.34. The van der Waals surface area contributed by atoms with Crippen LogP contribution in [0.1, 0.15) is 86.7 Å². The molecule has 4 N–H and O–H groups in total. The number of aromatic hydroxyl groups is 1. The Hall–Kier alpha value is -11.6. The summed E-state index contributed by atoms with van der Waals surface area (Å²) < 4.78 is 36.6. The molecule has 0 fully saturated rings. The third kappa shape index (κ3) is 15.5. The number of fused-ring (bicyclic) bond motifs is 3. The zero-order chi connectivity index (χ0) is 68.9. The van der Waals surface area contributed by atoms with Gasteiger partial charge in [0.15, 0.2) is 31.3 Å². The normalized spacial score (nSPS) is 12.3. The molecule has 496 valence electrons. The molecule has 3 heterocycles. The highest BCUT2D eigenvalue weighted by Crippen LogP contribution is 2.45. The lowest BCUT2D eigenvalue weighted by Gasteiger charge is -2.26. The summed E-state index contributed by atoms with van der Waals surface area (Å²) in [6, 6.07) is 57.9. The third-order valence-corrected chi connectivity index (χ3v) is 17.3. The average Bonchev–Trinajstić information content (AvgIpc) is 0.773. The number of methoxy groups -OCH3 is 1. The van der Waals surface area contributed by atoms with E-state index in [4.69, 9.17) is 73.2 Å². The fourth-order valence-corrected chi connectivity index (χ4v) is 12.4. The molecule has 4 unspecified atom stereocenters. The van der Waals surface area contributed by atoms with Crippen LogP contribution in [0.25, 0.3) is 32.7 Å². The van der Waals surface area contributed by atoms with Crippen molar-refractivity contribution in [2.45, 2.75) is 37.4 Å². The maximum absolute atomic E-state index is 15.7. The summed E-state index contributed by atoms with van der Waals surface area (Å²) in [5.74, 6) is -3.17. The number of carbonyl (C=O) groups excluding carboxylic acids is 5. The standard InChI is InChI=1S/C78H61Cl3N6O12/c1-3-53(46-20-15-21-47(38-46)68(85-65(88)43-95-49-23-7-4-8-24-49)59-40-62(79)56-32-17-35-82-71(56)74(59)91)77(92)98-76-61(42-64(81)58-34-19-37-84-73(58)76)70(87-67(90)45-97-51-27-11-6-12-28-51)54-30-13-14-31-55(54)78(93)99-75-60(41-63(80)57-33-18-36-83-72(57)75)69(48-22-16-29-52(39-48)94-2)86-66(89)44-96-50-25-9-5-10-26-50/h4-42,53,68-70,91H,3,43-45H2,1-2H3,(H,85,88)(H,86,89)(H,87,90). The molecule has 0 aliphatic heterocycles. The maximum Gasteiger partial charge on any atom is 0.343 e. The minimum absolute atomic E-state index is 0.0772. The quantitative estimate of drug-likeness (QED) is 0.0308. The number of phenolic OH excluding ortho intramolecular Hbond substituents is 1. The van der Waals surface area contributed by atoms with Gasteiger partial charge in [0.25, 0.3) is 17.7 Å². The molecule has 0 saturated heterocycles. The van der Waals surface area contributed by atoms with Crippen LogP contribution in [0.15, 0.2) is 237 Å². The van der Waals surface area contributed by atoms with Gasteiger partial charge < -0.3 is 49.5 Å². The van der Waals surface area contributed by atoms with Crippen LogP contribution in [0.4, 0.5) is 0 Å². The van der Waals surface area contributed by atoms with Crippen molar-refractivity contribution in [2.75, 3.05) is 26.9 Å². The lowest BCUT2D eigenvalue weighted by molar-refractivity contribution is -0.136. The van der Waals surface area contributed by atoms with Crippen LogP contribution < -0.4 is 44.4 Å². The van der Waals surface area contributed by atoms with Crippen LogP contribution in [-0.2, 0) is 19.2 Å². The molecule has 3 amide bonds. The molecule has 12 aromatic rings. The number of phenols is 1. The number of nitrogens with one attached hydrogen (secondary N) is 3. The van der Waals surface area contributed by atoms with Crippen LogP contribution in [0, 0.1) is 0 Å². The van der Waals surface area contributed by atoms with Crippen molar-refractivity contribution in [1.29, 1.82) is 0 Å². The molecule has 0 aliphatic rings. The van der Waals surface area contributed by atoms with Gasteiger partial charge in [-0.1, -0.05) is 151 Å². The maximum atomic E-state index is 15.7. The highest BCUT2D eigenvalue weighted by atomic mass is 35.5. The number of hydrogen-bond acceptors (Lipinski definition) is 15. The first kappa shape index (κ1) is 67.4. The molecule has 12 rings (SSSR count). The van der Waals surface area contributed by atoms with Crippen molar-refractivity contribution < 1.29 is 57.5 Å². The Balaban J connectivity index is 0.939. The van der Waals surface area contributed by atoms with Crippen molar-refractivity contribution in [2.24, 2.45) is 0 Å². The Morgan fingerprint density at radius 2 is 0.838 bits per heavy atom. The van der Waals surface area contributed by atoms with Crippen molar-refractivity contribution >= 4 is 97.2 Å². The first-order valence-electron chi connectivity index (χ1n) is 31.3. The van der Waals surface area contributed by atoms with Gasteiger partial charge in [-0.3, -0.25) is 34.1 Å². The predicted molar refractivity (Wildman–Crippen MR) is 377 cm³/mol. The number of rotatable bonds is 25. The predicted octanol–water partition coefficient (Wildman–Crippen LogP) is 15.2. The average molecular weight is 1380 g/mol. The summed E-state index contributed by atoms with van der Waals surface area (Å²) in [5.41, 5.74) is 2.47. The van der Waals surface area contributed by atoms with Gasteiger partial charge in [0, 0.05) is 51.4 Å². The van der Waals surface area contributed by atoms with Gasteiger partial charge in [-0.15, -0.1) is 0 Å². The number of amides is 3. The van der Waals surface area contributed by atoms with E-state index < -0.39 is 66.9 Å². The third-order valence-electron chi connectivity index (χ3n) is 16.3. The molecule has 0 radical (unpaired) electrons. The number of esters is 2. The minimum Gasteiger partial charge on any atom is -0.505 e. The highest BCUT2D eigenvalue weighted by molar-refractivity contribution is 6.36. The summed E-state index contributed by atoms with van der Waals surface area (Å²) in [6.07, 6.45) is 4.69. The van der Waals surface area contributed by atoms with E-state index in [0.29, 0.717) is 55.8 Å². The van der Waals surface area contributed by atoms with Crippen LogP contribution in [-0.4, -0.2) is 76.6 Å². The van der Waals surface area contributed by atoms with E-state index in [1.165, 1.54) is 37.8 Å². The number of para-hydroxylation sites is 3. The second-order valence-electron chi connectivity index (χ2n) is 22.7. The van der Waals surface area contributed by atoms with Crippen LogP contribution in [0.2, 0.25) is 15.1 Å². The largest absolute Gasteiger partial charge is 0.505 e. The molecule has 3 aromatic heterocycles. The summed E-state index contributed by atoms with van der Waals surface area (Å²) >= 11 is 21.2. The van der Waals surface area contributed by atoms with Gasteiger partial charge in [-0.2, -0.15) is 0 Å². The number of hydrogen-bond donors (Lipinski definition) is 4. The number of carbonyl (C=O) groups is 5. The number of benzene rings is 9. The molecule has 0 spiro atoms. The molecule has 18 nitrogen and oxygen atoms in total. The topological polar surface area (TPSA) is 236 Å². The van der Waals surface area contributed by atoms with Crippen molar-refractivity contribution in [3.63, 3.8) is 0 Å². The lowest BCUT2D eigenvalue weighted by Crippen LogP contribution is -2.35. The second-order valence-corrected chi connectivity index (χ2v) is 23.9. The molecule has 4 atom stereocenters. The van der Waals surface area contributed by atoms with Crippen molar-refractivity contribution in [3.8, 4) is 40.2 Å². The van der Waals surface area contributed by atoms with E-state index in [2.05, 4.69) is 20.9 Å². The minimum atomic E-state index is -1.41. The van der Waals surface area contributed by atoms with E-state index >= 15 is 9.59 Å². The van der Waals surface area contributed by atoms with Gasteiger partial charge in [0.2, 0.25) is 0 Å².